The van der Waals surface area contributed by atoms with E-state index in [1.54, 1.807) is 0 Å². The summed E-state index contributed by atoms with van der Waals surface area (Å²) in [4.78, 5) is 14.2. The van der Waals surface area contributed by atoms with Gasteiger partial charge in [0.25, 0.3) is 0 Å². The van der Waals surface area contributed by atoms with Crippen LogP contribution in [0.3, 0.4) is 0 Å². The van der Waals surface area contributed by atoms with Crippen LogP contribution in [0.1, 0.15) is 39.0 Å². The highest BCUT2D eigenvalue weighted by molar-refractivity contribution is 5.79. The van der Waals surface area contributed by atoms with Crippen LogP contribution in [0.25, 0.3) is 0 Å². The van der Waals surface area contributed by atoms with Crippen LogP contribution in [-0.2, 0) is 4.79 Å². The van der Waals surface area contributed by atoms with E-state index in [4.69, 9.17) is 5.73 Å². The Morgan fingerprint density at radius 2 is 2.07 bits per heavy atom. The highest BCUT2D eigenvalue weighted by atomic mass is 16.2. The van der Waals surface area contributed by atoms with Gasteiger partial charge < -0.3 is 10.6 Å². The SMILES string of the molecule is CC1CCCC1C(=O)N1CCCC(N)C1. The average molecular weight is 210 g/mol. The van der Waals surface area contributed by atoms with E-state index in [9.17, 15) is 4.79 Å². The van der Waals surface area contributed by atoms with Gasteiger partial charge in [0.1, 0.15) is 0 Å². The smallest absolute Gasteiger partial charge is 0.226 e. The lowest BCUT2D eigenvalue weighted by Crippen LogP contribution is -2.48. The van der Waals surface area contributed by atoms with Crippen molar-refractivity contribution in [2.45, 2.75) is 45.1 Å². The number of piperidine rings is 1. The van der Waals surface area contributed by atoms with E-state index in [-0.39, 0.29) is 12.0 Å². The van der Waals surface area contributed by atoms with Crippen molar-refractivity contribution in [1.29, 1.82) is 0 Å². The quantitative estimate of drug-likeness (QED) is 0.710. The fraction of sp³-hybridized carbons (Fsp3) is 0.917. The molecule has 1 heterocycles. The second-order valence-electron chi connectivity index (χ2n) is 5.20. The van der Waals surface area contributed by atoms with Gasteiger partial charge in [-0.15, -0.1) is 0 Å². The van der Waals surface area contributed by atoms with Crippen LogP contribution >= 0.6 is 0 Å². The Kier molecular flexibility index (Phi) is 3.29. The number of rotatable bonds is 1. The Bertz CT molecular complexity index is 242. The zero-order valence-corrected chi connectivity index (χ0v) is 9.61. The van der Waals surface area contributed by atoms with Crippen molar-refractivity contribution in [3.05, 3.63) is 0 Å². The van der Waals surface area contributed by atoms with Crippen molar-refractivity contribution in [1.82, 2.24) is 4.90 Å². The van der Waals surface area contributed by atoms with Crippen LogP contribution in [0.15, 0.2) is 0 Å². The lowest BCUT2D eigenvalue weighted by Gasteiger charge is -2.33. The van der Waals surface area contributed by atoms with Crippen LogP contribution in [0, 0.1) is 11.8 Å². The summed E-state index contributed by atoms with van der Waals surface area (Å²) in [6.07, 6.45) is 5.68. The number of amides is 1. The summed E-state index contributed by atoms with van der Waals surface area (Å²) < 4.78 is 0. The number of hydrogen-bond acceptors (Lipinski definition) is 2. The molecule has 2 N–H and O–H groups in total. The number of nitrogens with zero attached hydrogens (tertiary/aromatic N) is 1. The third-order valence-corrected chi connectivity index (χ3v) is 3.95. The van der Waals surface area contributed by atoms with Crippen LogP contribution in [0.4, 0.5) is 0 Å². The Hall–Kier alpha value is -0.570. The molecule has 3 nitrogen and oxygen atoms in total. The minimum Gasteiger partial charge on any atom is -0.341 e. The molecule has 1 aliphatic heterocycles. The molecule has 0 bridgehead atoms. The maximum absolute atomic E-state index is 12.2. The molecule has 2 fully saturated rings. The fourth-order valence-corrected chi connectivity index (χ4v) is 2.96. The molecule has 86 valence electrons. The van der Waals surface area contributed by atoms with Crippen molar-refractivity contribution in [3.8, 4) is 0 Å². The van der Waals surface area contributed by atoms with Crippen molar-refractivity contribution in [2.24, 2.45) is 17.6 Å². The monoisotopic (exact) mass is 210 g/mol. The van der Waals surface area contributed by atoms with Crippen LogP contribution in [-0.4, -0.2) is 29.9 Å². The van der Waals surface area contributed by atoms with E-state index >= 15 is 0 Å². The number of likely N-dealkylation sites (tertiary alicyclic amines) is 1. The highest BCUT2D eigenvalue weighted by Crippen LogP contribution is 2.33. The van der Waals surface area contributed by atoms with Gasteiger partial charge >= 0.3 is 0 Å². The summed E-state index contributed by atoms with van der Waals surface area (Å²) in [7, 11) is 0. The molecule has 0 aromatic carbocycles. The summed E-state index contributed by atoms with van der Waals surface area (Å²) in [5.41, 5.74) is 5.90. The first-order valence-corrected chi connectivity index (χ1v) is 6.23. The first-order chi connectivity index (χ1) is 7.18. The molecule has 3 atom stereocenters. The van der Waals surface area contributed by atoms with Crippen molar-refractivity contribution >= 4 is 5.91 Å². The van der Waals surface area contributed by atoms with Gasteiger partial charge in [-0.2, -0.15) is 0 Å². The second kappa shape index (κ2) is 4.52. The van der Waals surface area contributed by atoms with Gasteiger partial charge in [0, 0.05) is 25.0 Å². The fourth-order valence-electron chi connectivity index (χ4n) is 2.96. The molecule has 2 aliphatic rings. The molecule has 15 heavy (non-hydrogen) atoms. The molecule has 1 saturated carbocycles. The van der Waals surface area contributed by atoms with Crippen LogP contribution in [0.5, 0.6) is 0 Å². The first-order valence-electron chi connectivity index (χ1n) is 6.23. The van der Waals surface area contributed by atoms with Crippen molar-refractivity contribution in [2.75, 3.05) is 13.1 Å². The zero-order chi connectivity index (χ0) is 10.8. The molecular formula is C12H22N2O. The molecule has 0 aromatic heterocycles. The van der Waals surface area contributed by atoms with Gasteiger partial charge in [-0.1, -0.05) is 13.3 Å². The van der Waals surface area contributed by atoms with Crippen molar-refractivity contribution in [3.63, 3.8) is 0 Å². The molecule has 0 aromatic rings. The first kappa shape index (κ1) is 10.9. The summed E-state index contributed by atoms with van der Waals surface area (Å²) in [6, 6.07) is 0.208. The minimum absolute atomic E-state index is 0.208. The third kappa shape index (κ3) is 2.33. The van der Waals surface area contributed by atoms with Gasteiger partial charge in [-0.3, -0.25) is 4.79 Å². The largest absolute Gasteiger partial charge is 0.341 e. The summed E-state index contributed by atoms with van der Waals surface area (Å²) in [6.45, 7) is 3.91. The molecule has 3 unspecified atom stereocenters. The lowest BCUT2D eigenvalue weighted by atomic mass is 9.95. The van der Waals surface area contributed by atoms with E-state index in [1.807, 2.05) is 4.90 Å². The average Bonchev–Trinajstić information content (AvgIpc) is 2.63. The Morgan fingerprint density at radius 3 is 2.67 bits per heavy atom. The number of carbonyl (C=O) groups is 1. The Morgan fingerprint density at radius 1 is 1.27 bits per heavy atom. The number of hydrogen-bond donors (Lipinski definition) is 1. The predicted molar refractivity (Wildman–Crippen MR) is 60.3 cm³/mol. The normalized spacial score (nSPS) is 36.9. The molecule has 0 radical (unpaired) electrons. The molecule has 2 rings (SSSR count). The molecule has 3 heteroatoms. The number of carbonyl (C=O) groups excluding carboxylic acids is 1. The molecule has 1 aliphatic carbocycles. The van der Waals surface area contributed by atoms with Crippen LogP contribution < -0.4 is 5.73 Å². The van der Waals surface area contributed by atoms with Crippen molar-refractivity contribution < 1.29 is 4.79 Å². The number of nitrogens with two attached hydrogens (primary N) is 1. The van der Waals surface area contributed by atoms with E-state index in [1.165, 1.54) is 12.8 Å². The van der Waals surface area contributed by atoms with E-state index in [2.05, 4.69) is 6.92 Å². The van der Waals surface area contributed by atoms with E-state index in [0.29, 0.717) is 11.8 Å². The van der Waals surface area contributed by atoms with Gasteiger partial charge in [0.15, 0.2) is 0 Å². The molecule has 1 saturated heterocycles. The van der Waals surface area contributed by atoms with Gasteiger partial charge in [0.05, 0.1) is 0 Å². The van der Waals surface area contributed by atoms with Crippen LogP contribution in [0.2, 0.25) is 0 Å². The standard InChI is InChI=1S/C12H22N2O/c1-9-4-2-6-11(9)12(15)14-7-3-5-10(13)8-14/h9-11H,2-8,13H2,1H3. The maximum atomic E-state index is 12.2. The predicted octanol–water partition coefficient (Wildman–Crippen LogP) is 1.37. The molecular weight excluding hydrogens is 188 g/mol. The van der Waals surface area contributed by atoms with Gasteiger partial charge in [0.2, 0.25) is 5.91 Å². The maximum Gasteiger partial charge on any atom is 0.226 e. The Balaban J connectivity index is 1.94. The summed E-state index contributed by atoms with van der Waals surface area (Å²) in [5, 5.41) is 0. The minimum atomic E-state index is 0.208. The Labute approximate surface area is 92.0 Å². The zero-order valence-electron chi connectivity index (χ0n) is 9.61. The van der Waals surface area contributed by atoms with Gasteiger partial charge in [-0.05, 0) is 31.6 Å². The molecule has 1 amide bonds. The highest BCUT2D eigenvalue weighted by Gasteiger charge is 2.33. The topological polar surface area (TPSA) is 46.3 Å². The van der Waals surface area contributed by atoms with Gasteiger partial charge in [-0.25, -0.2) is 0 Å². The van der Waals surface area contributed by atoms with E-state index < -0.39 is 0 Å². The molecule has 0 spiro atoms. The van der Waals surface area contributed by atoms with E-state index in [0.717, 1.165) is 32.4 Å². The third-order valence-electron chi connectivity index (χ3n) is 3.95. The summed E-state index contributed by atoms with van der Waals surface area (Å²) >= 11 is 0. The lowest BCUT2D eigenvalue weighted by molar-refractivity contribution is -0.137. The second-order valence-corrected chi connectivity index (χ2v) is 5.20. The summed E-state index contributed by atoms with van der Waals surface area (Å²) in [5.74, 6) is 1.24.